The van der Waals surface area contributed by atoms with Crippen molar-refractivity contribution in [1.29, 1.82) is 0 Å². The largest absolute Gasteiger partial charge is 0.424 e. The van der Waals surface area contributed by atoms with E-state index in [-0.39, 0.29) is 17.2 Å². The molecule has 0 radical (unpaired) electrons. The van der Waals surface area contributed by atoms with Gasteiger partial charge in [-0.15, -0.1) is 0 Å². The predicted octanol–water partition coefficient (Wildman–Crippen LogP) is 2.08. The standard InChI is InChI=1S/C6H5INO6P/c7-13-5-2-1-4(8(9)10)3-6(5)14-15(11)12/h1-3,15H,(H,11,12). The average molecular weight is 345 g/mol. The lowest BCUT2D eigenvalue weighted by atomic mass is 10.3. The molecule has 0 saturated carbocycles. The molecule has 0 spiro atoms. The minimum absolute atomic E-state index is 0.134. The molecular weight excluding hydrogens is 340 g/mol. The smallest absolute Gasteiger partial charge is 0.365 e. The molecule has 0 heterocycles. The summed E-state index contributed by atoms with van der Waals surface area (Å²) in [7, 11) is -3.22. The first-order chi connectivity index (χ1) is 7.04. The zero-order valence-corrected chi connectivity index (χ0v) is 10.2. The van der Waals surface area contributed by atoms with Crippen molar-refractivity contribution in [2.75, 3.05) is 0 Å². The molecule has 1 aromatic rings. The van der Waals surface area contributed by atoms with Gasteiger partial charge in [0.25, 0.3) is 5.69 Å². The molecule has 0 bridgehead atoms. The Balaban J connectivity index is 3.12. The third-order valence-corrected chi connectivity index (χ3v) is 2.29. The molecule has 0 aliphatic heterocycles. The quantitative estimate of drug-likeness (QED) is 0.388. The molecule has 1 atom stereocenters. The maximum atomic E-state index is 10.5. The van der Waals surface area contributed by atoms with Gasteiger partial charge in [0.15, 0.2) is 34.5 Å². The van der Waals surface area contributed by atoms with Gasteiger partial charge in [-0.3, -0.25) is 10.1 Å². The van der Waals surface area contributed by atoms with Crippen molar-refractivity contribution in [3.05, 3.63) is 28.3 Å². The second-order valence-corrected chi connectivity index (χ2v) is 3.51. The van der Waals surface area contributed by atoms with Crippen LogP contribution in [0.3, 0.4) is 0 Å². The van der Waals surface area contributed by atoms with Gasteiger partial charge in [0.2, 0.25) is 0 Å². The highest BCUT2D eigenvalue weighted by atomic mass is 127. The topological polar surface area (TPSA) is 98.9 Å². The monoisotopic (exact) mass is 345 g/mol. The number of nitro groups is 1. The highest BCUT2D eigenvalue weighted by Crippen LogP contribution is 2.36. The number of halogens is 1. The Hall–Kier alpha value is -0.860. The second-order valence-electron chi connectivity index (χ2n) is 2.33. The lowest BCUT2D eigenvalue weighted by molar-refractivity contribution is -0.384. The van der Waals surface area contributed by atoms with E-state index in [0.717, 1.165) is 6.07 Å². The Labute approximate surface area is 98.8 Å². The van der Waals surface area contributed by atoms with Crippen LogP contribution in [0.1, 0.15) is 0 Å². The molecule has 0 aliphatic rings. The predicted molar refractivity (Wildman–Crippen MR) is 59.6 cm³/mol. The van der Waals surface area contributed by atoms with Crippen molar-refractivity contribution in [1.82, 2.24) is 0 Å². The highest BCUT2D eigenvalue weighted by Gasteiger charge is 2.13. The number of hydrogen-bond acceptors (Lipinski definition) is 5. The first-order valence-electron chi connectivity index (χ1n) is 3.52. The SMILES string of the molecule is O=[N+]([O-])c1ccc(OI)c(O[PH](=O)O)c1. The van der Waals surface area contributed by atoms with Gasteiger partial charge in [-0.05, 0) is 6.07 Å². The van der Waals surface area contributed by atoms with Gasteiger partial charge in [-0.2, -0.15) is 0 Å². The van der Waals surface area contributed by atoms with Crippen LogP contribution in [0.15, 0.2) is 18.2 Å². The van der Waals surface area contributed by atoms with E-state index >= 15 is 0 Å². The summed E-state index contributed by atoms with van der Waals surface area (Å²) in [5, 5.41) is 10.4. The van der Waals surface area contributed by atoms with Gasteiger partial charge in [0, 0.05) is 6.07 Å². The van der Waals surface area contributed by atoms with Gasteiger partial charge in [0.1, 0.15) is 0 Å². The maximum absolute atomic E-state index is 10.5. The van der Waals surface area contributed by atoms with Crippen molar-refractivity contribution in [2.24, 2.45) is 0 Å². The molecule has 82 valence electrons. The highest BCUT2D eigenvalue weighted by molar-refractivity contribution is 14.1. The van der Waals surface area contributed by atoms with Crippen LogP contribution in [0.5, 0.6) is 11.5 Å². The summed E-state index contributed by atoms with van der Waals surface area (Å²) in [6.07, 6.45) is 0. The molecule has 0 amide bonds. The Kier molecular flexibility index (Phi) is 4.30. The third kappa shape index (κ3) is 3.33. The van der Waals surface area contributed by atoms with E-state index in [0.29, 0.717) is 0 Å². The van der Waals surface area contributed by atoms with Crippen LogP contribution in [-0.4, -0.2) is 9.82 Å². The van der Waals surface area contributed by atoms with E-state index in [9.17, 15) is 14.7 Å². The summed E-state index contributed by atoms with van der Waals surface area (Å²) in [6.45, 7) is 0. The number of nitro benzene ring substituents is 1. The van der Waals surface area contributed by atoms with Gasteiger partial charge < -0.3 is 12.5 Å². The zero-order chi connectivity index (χ0) is 11.4. The van der Waals surface area contributed by atoms with Crippen LogP contribution in [0.25, 0.3) is 0 Å². The fourth-order valence-electron chi connectivity index (χ4n) is 0.848. The number of benzene rings is 1. The Morgan fingerprint density at radius 3 is 2.60 bits per heavy atom. The Bertz CT molecular complexity index is 411. The summed E-state index contributed by atoms with van der Waals surface area (Å²) >= 11 is 1.53. The maximum Gasteiger partial charge on any atom is 0.365 e. The molecular formula is C6H5INO6P. The second kappa shape index (κ2) is 5.29. The van der Waals surface area contributed by atoms with Gasteiger partial charge >= 0.3 is 8.25 Å². The normalized spacial score (nSPS) is 11.9. The summed E-state index contributed by atoms with van der Waals surface area (Å²) in [5.41, 5.74) is -0.245. The number of nitrogens with zero attached hydrogens (tertiary/aromatic N) is 1. The van der Waals surface area contributed by atoms with Crippen LogP contribution in [0.2, 0.25) is 0 Å². The molecule has 0 fully saturated rings. The number of non-ortho nitro benzene ring substituents is 1. The molecule has 15 heavy (non-hydrogen) atoms. The molecule has 0 aromatic heterocycles. The minimum Gasteiger partial charge on any atom is -0.424 e. The Morgan fingerprint density at radius 1 is 1.47 bits per heavy atom. The number of hydrogen-bond donors (Lipinski definition) is 1. The van der Waals surface area contributed by atoms with Crippen molar-refractivity contribution in [3.63, 3.8) is 0 Å². The minimum atomic E-state index is -3.22. The first-order valence-corrected chi connectivity index (χ1v) is 5.67. The average Bonchev–Trinajstić information content (AvgIpc) is 2.16. The zero-order valence-electron chi connectivity index (χ0n) is 7.05. The van der Waals surface area contributed by atoms with Gasteiger partial charge in [-0.25, -0.2) is 4.57 Å². The Morgan fingerprint density at radius 2 is 2.13 bits per heavy atom. The summed E-state index contributed by atoms with van der Waals surface area (Å²) in [5.74, 6) is 0.0126. The van der Waals surface area contributed by atoms with Gasteiger partial charge in [0.05, 0.1) is 11.0 Å². The lowest BCUT2D eigenvalue weighted by Gasteiger charge is -2.05. The molecule has 1 aromatic carbocycles. The molecule has 0 aliphatic carbocycles. The van der Waals surface area contributed by atoms with Crippen molar-refractivity contribution < 1.29 is 22.0 Å². The first kappa shape index (κ1) is 12.2. The fraction of sp³-hybridized carbons (Fsp3) is 0. The van der Waals surface area contributed by atoms with E-state index in [1.54, 1.807) is 0 Å². The molecule has 1 N–H and O–H groups in total. The van der Waals surface area contributed by atoms with Crippen LogP contribution in [0, 0.1) is 10.1 Å². The van der Waals surface area contributed by atoms with E-state index in [4.69, 9.17) is 7.96 Å². The van der Waals surface area contributed by atoms with Crippen molar-refractivity contribution in [3.8, 4) is 11.5 Å². The third-order valence-electron chi connectivity index (χ3n) is 1.42. The van der Waals surface area contributed by atoms with Crippen LogP contribution < -0.4 is 7.59 Å². The van der Waals surface area contributed by atoms with E-state index in [1.807, 2.05) is 0 Å². The molecule has 9 heteroatoms. The summed E-state index contributed by atoms with van der Waals surface area (Å²) in [4.78, 5) is 18.3. The summed E-state index contributed by atoms with van der Waals surface area (Å²) in [6, 6.07) is 3.51. The summed E-state index contributed by atoms with van der Waals surface area (Å²) < 4.78 is 19.7. The van der Waals surface area contributed by atoms with Crippen LogP contribution in [-0.2, 0) is 4.57 Å². The fourth-order valence-corrected chi connectivity index (χ4v) is 1.56. The van der Waals surface area contributed by atoms with Crippen molar-refractivity contribution in [2.45, 2.75) is 0 Å². The molecule has 0 saturated heterocycles. The number of rotatable bonds is 4. The van der Waals surface area contributed by atoms with E-state index < -0.39 is 13.2 Å². The van der Waals surface area contributed by atoms with Crippen LogP contribution >= 0.6 is 31.3 Å². The van der Waals surface area contributed by atoms with E-state index in [1.165, 1.54) is 35.1 Å². The molecule has 1 rings (SSSR count). The molecule has 7 nitrogen and oxygen atoms in total. The van der Waals surface area contributed by atoms with Crippen molar-refractivity contribution >= 4 is 36.9 Å². The van der Waals surface area contributed by atoms with Gasteiger partial charge in [-0.1, -0.05) is 0 Å². The molecule has 1 unspecified atom stereocenters. The van der Waals surface area contributed by atoms with Crippen LogP contribution in [0.4, 0.5) is 5.69 Å². The van der Waals surface area contributed by atoms with E-state index in [2.05, 4.69) is 4.52 Å². The lowest BCUT2D eigenvalue weighted by Crippen LogP contribution is -1.90.